The van der Waals surface area contributed by atoms with Crippen LogP contribution in [0.1, 0.15) is 88.2 Å². The van der Waals surface area contributed by atoms with E-state index in [-0.39, 0.29) is 60.3 Å². The first-order valence-corrected chi connectivity index (χ1v) is 23.1. The van der Waals surface area contributed by atoms with Gasteiger partial charge in [-0.1, -0.05) is 11.6 Å². The van der Waals surface area contributed by atoms with Gasteiger partial charge >= 0.3 is 0 Å². The molecule has 17 nitrogen and oxygen atoms in total. The van der Waals surface area contributed by atoms with E-state index in [9.17, 15) is 24.0 Å². The molecule has 3 atom stereocenters. The Hall–Kier alpha value is -5.78. The lowest BCUT2D eigenvalue weighted by Crippen LogP contribution is -2.63. The summed E-state index contributed by atoms with van der Waals surface area (Å²) in [6.07, 6.45) is 6.35. The molecular weight excluding hydrogens is 852 g/mol. The highest BCUT2D eigenvalue weighted by molar-refractivity contribution is 6.33. The number of nitrogens with one attached hydrogen (secondary N) is 3. The van der Waals surface area contributed by atoms with Crippen LogP contribution in [-0.2, 0) is 25.7 Å². The summed E-state index contributed by atoms with van der Waals surface area (Å²) in [6.45, 7) is 11.8. The maximum atomic E-state index is 13.3. The minimum atomic E-state index is -0.620. The van der Waals surface area contributed by atoms with E-state index < -0.39 is 11.9 Å². The molecule has 1 saturated carbocycles. The van der Waals surface area contributed by atoms with Crippen molar-refractivity contribution in [3.63, 3.8) is 0 Å². The number of fused-ring (bicyclic) bond motifs is 2. The minimum absolute atomic E-state index is 0.0932. The van der Waals surface area contributed by atoms with Crippen LogP contribution in [0.2, 0.25) is 5.02 Å². The van der Waals surface area contributed by atoms with Crippen molar-refractivity contribution in [2.75, 3.05) is 55.0 Å². The number of piperidine rings is 2. The summed E-state index contributed by atoms with van der Waals surface area (Å²) in [5.74, 6) is -0.0152. The first-order valence-electron chi connectivity index (χ1n) is 22.8. The standard InChI is InChI=1S/C47H57ClN10O7/c1-26(2)57-38-9-6-31(16-29(38)18-40(46(57)63)64-25-42(60)49-5)51-43-37(48)21-50-47(53-43)54-14-12-34(13-15-54)65-35-19-33(20-35)58-27(3)22-55(23-28(58)4)32-7-8-36-30(17-32)24-56(45(36)62)39-10-11-41(59)52-44(39)61/h6-9,16-18,21,26-28,33-35,39H,10-15,19-20,22-25H2,1-5H3,(H,49,60)(H,50,51,53)(H,52,59,61)/t27-,28-,33?,35?,39-/m1/s1. The van der Waals surface area contributed by atoms with E-state index >= 15 is 0 Å². The van der Waals surface area contributed by atoms with Gasteiger partial charge in [0.2, 0.25) is 17.8 Å². The third kappa shape index (κ3) is 8.97. The quantitative estimate of drug-likeness (QED) is 0.166. The summed E-state index contributed by atoms with van der Waals surface area (Å²) in [5, 5.41) is 9.36. The highest BCUT2D eigenvalue weighted by Gasteiger charge is 2.43. The van der Waals surface area contributed by atoms with E-state index in [0.717, 1.165) is 74.0 Å². The maximum Gasteiger partial charge on any atom is 0.293 e. The number of ether oxygens (including phenoxy) is 2. The molecule has 3 N–H and O–H groups in total. The Morgan fingerprint density at radius 3 is 2.42 bits per heavy atom. The Kier molecular flexibility index (Phi) is 12.5. The number of rotatable bonds is 12. The third-order valence-electron chi connectivity index (χ3n) is 13.6. The minimum Gasteiger partial charge on any atom is -0.478 e. The number of hydrogen-bond acceptors (Lipinski definition) is 13. The number of anilines is 4. The van der Waals surface area contributed by atoms with Crippen LogP contribution in [0, 0.1) is 0 Å². The number of hydrogen-bond donors (Lipinski definition) is 3. The lowest BCUT2D eigenvalue weighted by molar-refractivity contribution is -0.137. The van der Waals surface area contributed by atoms with E-state index in [2.05, 4.69) is 55.5 Å². The molecule has 0 spiro atoms. The van der Waals surface area contributed by atoms with Crippen LogP contribution in [-0.4, -0.2) is 124 Å². The van der Waals surface area contributed by atoms with Gasteiger partial charge in [0.25, 0.3) is 17.4 Å². The van der Waals surface area contributed by atoms with Crippen molar-refractivity contribution in [1.82, 2.24) is 35.0 Å². The van der Waals surface area contributed by atoms with Gasteiger partial charge in [-0.25, -0.2) is 4.98 Å². The number of nitrogens with zero attached hydrogens (tertiary/aromatic N) is 7. The van der Waals surface area contributed by atoms with Crippen molar-refractivity contribution in [2.45, 2.75) is 115 Å². The van der Waals surface area contributed by atoms with Crippen molar-refractivity contribution in [3.8, 4) is 5.75 Å². The summed E-state index contributed by atoms with van der Waals surface area (Å²) < 4.78 is 14.0. The van der Waals surface area contributed by atoms with Crippen LogP contribution < -0.4 is 36.0 Å². The van der Waals surface area contributed by atoms with Crippen LogP contribution in [0.5, 0.6) is 5.75 Å². The van der Waals surface area contributed by atoms with Crippen molar-refractivity contribution >= 4 is 69.3 Å². The second-order valence-corrected chi connectivity index (χ2v) is 18.8. The number of imide groups is 1. The molecule has 0 bridgehead atoms. The number of piperazine rings is 1. The van der Waals surface area contributed by atoms with Crippen LogP contribution in [0.25, 0.3) is 10.9 Å². The Balaban J connectivity index is 0.761. The van der Waals surface area contributed by atoms with Crippen molar-refractivity contribution in [3.05, 3.63) is 75.2 Å². The normalized spacial score (nSPS) is 24.0. The molecule has 1 aliphatic carbocycles. The molecule has 4 amide bonds. The number of aromatic nitrogens is 3. The molecule has 4 fully saturated rings. The number of halogens is 1. The predicted molar refractivity (Wildman–Crippen MR) is 247 cm³/mol. The molecule has 2 aromatic carbocycles. The number of amides is 4. The lowest BCUT2D eigenvalue weighted by Gasteiger charge is -2.53. The number of carbonyl (C=O) groups is 4. The van der Waals surface area contributed by atoms with Crippen molar-refractivity contribution in [2.24, 2.45) is 0 Å². The van der Waals surface area contributed by atoms with Gasteiger partial charge in [-0.15, -0.1) is 0 Å². The van der Waals surface area contributed by atoms with E-state index in [0.29, 0.717) is 59.1 Å². The maximum absolute atomic E-state index is 13.3. The van der Waals surface area contributed by atoms with Crippen LogP contribution in [0.3, 0.4) is 0 Å². The smallest absolute Gasteiger partial charge is 0.293 e. The predicted octanol–water partition coefficient (Wildman–Crippen LogP) is 4.77. The average Bonchev–Trinajstić information content (AvgIpc) is 3.59. The fourth-order valence-electron chi connectivity index (χ4n) is 10.3. The Morgan fingerprint density at radius 1 is 0.954 bits per heavy atom. The highest BCUT2D eigenvalue weighted by atomic mass is 35.5. The number of benzene rings is 2. The molecule has 0 unspecified atom stereocenters. The molecular formula is C47H57ClN10O7. The molecule has 3 saturated heterocycles. The summed E-state index contributed by atoms with van der Waals surface area (Å²) in [4.78, 5) is 80.9. The van der Waals surface area contributed by atoms with Crippen LogP contribution in [0.4, 0.5) is 23.1 Å². The molecule has 18 heteroatoms. The van der Waals surface area contributed by atoms with Crippen molar-refractivity contribution in [1.29, 1.82) is 0 Å². The van der Waals surface area contributed by atoms with Gasteiger partial charge in [-0.05, 0) is 108 Å². The van der Waals surface area contributed by atoms with Gasteiger partial charge in [0.15, 0.2) is 18.2 Å². The zero-order valence-electron chi connectivity index (χ0n) is 37.5. The summed E-state index contributed by atoms with van der Waals surface area (Å²) >= 11 is 6.62. The SMILES string of the molecule is CNC(=O)COc1cc2cc(Nc3nc(N4CCC(OC5CC(N6[C@H](C)CN(c7ccc8c(c7)CN([C@@H]7CCC(=O)NC7=O)C8=O)C[C@H]6C)C5)CC4)ncc3Cl)ccc2n(C(C)C)c1=O. The molecule has 9 rings (SSSR count). The Bertz CT molecular complexity index is 2560. The van der Waals surface area contributed by atoms with Gasteiger partial charge in [-0.2, -0.15) is 4.98 Å². The second-order valence-electron chi connectivity index (χ2n) is 18.4. The molecule has 0 radical (unpaired) electrons. The average molecular weight is 909 g/mol. The molecule has 2 aromatic heterocycles. The molecule has 6 heterocycles. The molecule has 4 aliphatic heterocycles. The van der Waals surface area contributed by atoms with Crippen molar-refractivity contribution < 1.29 is 28.7 Å². The zero-order valence-corrected chi connectivity index (χ0v) is 38.3. The van der Waals surface area contributed by atoms with Gasteiger partial charge < -0.3 is 39.4 Å². The van der Waals surface area contributed by atoms with E-state index in [4.69, 9.17) is 26.1 Å². The Labute approximate surface area is 382 Å². The largest absolute Gasteiger partial charge is 0.478 e. The second kappa shape index (κ2) is 18.2. The molecule has 5 aliphatic rings. The van der Waals surface area contributed by atoms with Gasteiger partial charge in [-0.3, -0.25) is 34.2 Å². The zero-order chi connectivity index (χ0) is 45.7. The number of pyridine rings is 1. The topological polar surface area (TPSA) is 184 Å². The summed E-state index contributed by atoms with van der Waals surface area (Å²) in [5.41, 5.74) is 3.79. The van der Waals surface area contributed by atoms with Gasteiger partial charge in [0, 0.05) is 92.7 Å². The first kappa shape index (κ1) is 44.4. The molecule has 344 valence electrons. The van der Waals surface area contributed by atoms with Crippen LogP contribution >= 0.6 is 11.6 Å². The van der Waals surface area contributed by atoms with E-state index in [1.54, 1.807) is 21.7 Å². The third-order valence-corrected chi connectivity index (χ3v) is 13.9. The number of likely N-dealkylation sites (N-methyl/N-ethyl adjacent to an activating group) is 1. The summed E-state index contributed by atoms with van der Waals surface area (Å²) in [6, 6.07) is 13.7. The first-order chi connectivity index (χ1) is 31.2. The van der Waals surface area contributed by atoms with Crippen LogP contribution in [0.15, 0.2) is 53.5 Å². The fourth-order valence-corrected chi connectivity index (χ4v) is 10.5. The summed E-state index contributed by atoms with van der Waals surface area (Å²) in [7, 11) is 1.52. The highest BCUT2D eigenvalue weighted by Crippen LogP contribution is 2.38. The van der Waals surface area contributed by atoms with E-state index in [1.807, 2.05) is 44.2 Å². The van der Waals surface area contributed by atoms with Gasteiger partial charge in [0.1, 0.15) is 11.1 Å². The Morgan fingerprint density at radius 2 is 1.71 bits per heavy atom. The molecule has 4 aromatic rings. The fraction of sp³-hybridized carbons (Fsp3) is 0.511. The monoisotopic (exact) mass is 908 g/mol. The lowest BCUT2D eigenvalue weighted by atomic mass is 9.84. The van der Waals surface area contributed by atoms with Gasteiger partial charge in [0.05, 0.1) is 23.9 Å². The molecule has 65 heavy (non-hydrogen) atoms. The number of carbonyl (C=O) groups excluding carboxylic acids is 4. The van der Waals surface area contributed by atoms with E-state index in [1.165, 1.54) is 7.05 Å².